The highest BCUT2D eigenvalue weighted by atomic mass is 79.9. The van der Waals surface area contributed by atoms with Crippen molar-refractivity contribution in [3.05, 3.63) is 34.3 Å². The molecule has 0 saturated carbocycles. The van der Waals surface area contributed by atoms with Crippen molar-refractivity contribution >= 4 is 24.0 Å². The zero-order chi connectivity index (χ0) is 11.3. The maximum atomic E-state index is 3.43. The quantitative estimate of drug-likeness (QED) is 0.561. The molecule has 0 amide bonds. The van der Waals surface area contributed by atoms with E-state index in [0.717, 1.165) is 17.3 Å². The van der Waals surface area contributed by atoms with Crippen molar-refractivity contribution in [2.45, 2.75) is 32.5 Å². The lowest BCUT2D eigenvalue weighted by molar-refractivity contribution is 1.03. The molecule has 80 valence electrons. The van der Waals surface area contributed by atoms with E-state index in [2.05, 4.69) is 71.3 Å². The number of benzene rings is 1. The third kappa shape index (κ3) is 5.81. The van der Waals surface area contributed by atoms with E-state index in [4.69, 9.17) is 0 Å². The Bertz CT molecular complexity index is 362. The zero-order valence-electron chi connectivity index (χ0n) is 9.60. The van der Waals surface area contributed by atoms with Crippen molar-refractivity contribution in [3.8, 4) is 11.5 Å². The van der Waals surface area contributed by atoms with E-state index >= 15 is 0 Å². The molecule has 0 atom stereocenters. The summed E-state index contributed by atoms with van der Waals surface area (Å²) in [7, 11) is -1.17. The SMILES string of the molecule is C[Si](C)(C)C#CCCc1ccc(Br)cc1. The zero-order valence-corrected chi connectivity index (χ0v) is 12.2. The summed E-state index contributed by atoms with van der Waals surface area (Å²) in [5.74, 6) is 3.29. The number of aryl methyl sites for hydroxylation is 1. The van der Waals surface area contributed by atoms with Crippen LogP contribution in [0.2, 0.25) is 19.6 Å². The highest BCUT2D eigenvalue weighted by Crippen LogP contribution is 2.11. The van der Waals surface area contributed by atoms with Gasteiger partial charge in [-0.05, 0) is 24.1 Å². The van der Waals surface area contributed by atoms with Crippen LogP contribution in [-0.4, -0.2) is 8.07 Å². The minimum Gasteiger partial charge on any atom is -0.132 e. The molecule has 0 aliphatic carbocycles. The van der Waals surface area contributed by atoms with Crippen LogP contribution in [0.1, 0.15) is 12.0 Å². The van der Waals surface area contributed by atoms with Gasteiger partial charge in [0.1, 0.15) is 8.07 Å². The van der Waals surface area contributed by atoms with Gasteiger partial charge in [-0.15, -0.1) is 11.5 Å². The molecule has 0 radical (unpaired) electrons. The number of hydrogen-bond donors (Lipinski definition) is 0. The molecule has 0 aliphatic rings. The predicted octanol–water partition coefficient (Wildman–Crippen LogP) is 4.26. The van der Waals surface area contributed by atoms with Crippen molar-refractivity contribution in [1.29, 1.82) is 0 Å². The Morgan fingerprint density at radius 3 is 2.27 bits per heavy atom. The van der Waals surface area contributed by atoms with Gasteiger partial charge in [-0.3, -0.25) is 0 Å². The van der Waals surface area contributed by atoms with Gasteiger partial charge in [-0.25, -0.2) is 0 Å². The van der Waals surface area contributed by atoms with E-state index in [0.29, 0.717) is 0 Å². The first kappa shape index (κ1) is 12.5. The maximum Gasteiger partial charge on any atom is 0.129 e. The molecule has 15 heavy (non-hydrogen) atoms. The molecule has 0 N–H and O–H groups in total. The van der Waals surface area contributed by atoms with Crippen LogP contribution in [0.25, 0.3) is 0 Å². The van der Waals surface area contributed by atoms with Crippen molar-refractivity contribution < 1.29 is 0 Å². The largest absolute Gasteiger partial charge is 0.132 e. The standard InChI is InChI=1S/C13H17BrSi/c1-15(2,3)11-5-4-6-12-7-9-13(14)10-8-12/h7-10H,4,6H2,1-3H3. The predicted molar refractivity (Wildman–Crippen MR) is 73.6 cm³/mol. The summed E-state index contributed by atoms with van der Waals surface area (Å²) < 4.78 is 1.14. The van der Waals surface area contributed by atoms with Gasteiger partial charge in [-0.1, -0.05) is 47.7 Å². The molecule has 0 saturated heterocycles. The number of rotatable bonds is 2. The van der Waals surface area contributed by atoms with Gasteiger partial charge in [0.25, 0.3) is 0 Å². The van der Waals surface area contributed by atoms with Gasteiger partial charge in [-0.2, -0.15) is 0 Å². The lowest BCUT2D eigenvalue weighted by Gasteiger charge is -2.03. The summed E-state index contributed by atoms with van der Waals surface area (Å²) >= 11 is 3.43. The third-order valence-corrected chi connectivity index (χ3v) is 3.37. The molecule has 0 fully saturated rings. The van der Waals surface area contributed by atoms with Crippen LogP contribution in [0.3, 0.4) is 0 Å². The van der Waals surface area contributed by atoms with Crippen LogP contribution in [0.4, 0.5) is 0 Å². The number of halogens is 1. The molecule has 1 rings (SSSR count). The summed E-state index contributed by atoms with van der Waals surface area (Å²) in [6, 6.07) is 8.48. The van der Waals surface area contributed by atoms with Gasteiger partial charge >= 0.3 is 0 Å². The Balaban J connectivity index is 2.44. The van der Waals surface area contributed by atoms with E-state index < -0.39 is 8.07 Å². The molecule has 1 aromatic rings. The Kier molecular flexibility index (Phi) is 4.63. The van der Waals surface area contributed by atoms with Crippen LogP contribution < -0.4 is 0 Å². The summed E-state index contributed by atoms with van der Waals surface area (Å²) in [6.07, 6.45) is 2.04. The first-order valence-electron chi connectivity index (χ1n) is 5.22. The fourth-order valence-electron chi connectivity index (χ4n) is 1.19. The first-order chi connectivity index (χ1) is 6.97. The molecule has 0 bridgehead atoms. The average molecular weight is 281 g/mol. The van der Waals surface area contributed by atoms with Crippen molar-refractivity contribution in [2.75, 3.05) is 0 Å². The average Bonchev–Trinajstić information content (AvgIpc) is 2.14. The lowest BCUT2D eigenvalue weighted by Crippen LogP contribution is -2.16. The van der Waals surface area contributed by atoms with E-state index in [1.807, 2.05) is 0 Å². The molecule has 2 heteroatoms. The van der Waals surface area contributed by atoms with E-state index in [1.165, 1.54) is 5.56 Å². The van der Waals surface area contributed by atoms with E-state index in [9.17, 15) is 0 Å². The smallest absolute Gasteiger partial charge is 0.129 e. The summed E-state index contributed by atoms with van der Waals surface area (Å²) in [4.78, 5) is 0. The Morgan fingerprint density at radius 1 is 1.13 bits per heavy atom. The van der Waals surface area contributed by atoms with E-state index in [1.54, 1.807) is 0 Å². The van der Waals surface area contributed by atoms with Crippen molar-refractivity contribution in [2.24, 2.45) is 0 Å². The van der Waals surface area contributed by atoms with Crippen molar-refractivity contribution in [3.63, 3.8) is 0 Å². The molecule has 0 unspecified atom stereocenters. The van der Waals surface area contributed by atoms with Crippen LogP contribution in [0.15, 0.2) is 28.7 Å². The van der Waals surface area contributed by atoms with E-state index in [-0.39, 0.29) is 0 Å². The monoisotopic (exact) mass is 280 g/mol. The second-order valence-electron chi connectivity index (χ2n) is 4.68. The molecule has 1 aromatic carbocycles. The summed E-state index contributed by atoms with van der Waals surface area (Å²) in [6.45, 7) is 6.83. The van der Waals surface area contributed by atoms with Crippen LogP contribution in [-0.2, 0) is 6.42 Å². The van der Waals surface area contributed by atoms with Crippen molar-refractivity contribution in [1.82, 2.24) is 0 Å². The lowest BCUT2D eigenvalue weighted by atomic mass is 10.1. The molecular formula is C13H17BrSi. The summed E-state index contributed by atoms with van der Waals surface area (Å²) in [5.41, 5.74) is 4.75. The molecule has 0 nitrogen and oxygen atoms in total. The van der Waals surface area contributed by atoms with Gasteiger partial charge in [0.2, 0.25) is 0 Å². The first-order valence-corrected chi connectivity index (χ1v) is 9.51. The Labute approximate surface area is 102 Å². The fraction of sp³-hybridized carbons (Fsp3) is 0.385. The fourth-order valence-corrected chi connectivity index (χ4v) is 2.11. The number of hydrogen-bond acceptors (Lipinski definition) is 0. The van der Waals surface area contributed by atoms with Gasteiger partial charge in [0.05, 0.1) is 0 Å². The Morgan fingerprint density at radius 2 is 1.73 bits per heavy atom. The molecule has 0 spiro atoms. The topological polar surface area (TPSA) is 0 Å². The normalized spacial score (nSPS) is 10.7. The second-order valence-corrected chi connectivity index (χ2v) is 10.3. The molecule has 0 heterocycles. The Hall–Kier alpha value is -0.523. The van der Waals surface area contributed by atoms with Crippen LogP contribution in [0.5, 0.6) is 0 Å². The van der Waals surface area contributed by atoms with Crippen LogP contribution in [0, 0.1) is 11.5 Å². The van der Waals surface area contributed by atoms with Gasteiger partial charge < -0.3 is 0 Å². The van der Waals surface area contributed by atoms with Gasteiger partial charge in [0, 0.05) is 10.9 Å². The van der Waals surface area contributed by atoms with Crippen LogP contribution >= 0.6 is 15.9 Å². The molecule has 0 aliphatic heterocycles. The summed E-state index contributed by atoms with van der Waals surface area (Å²) in [5, 5.41) is 0. The molecular weight excluding hydrogens is 264 g/mol. The maximum absolute atomic E-state index is 3.43. The third-order valence-electron chi connectivity index (χ3n) is 1.92. The highest BCUT2D eigenvalue weighted by molar-refractivity contribution is 9.10. The highest BCUT2D eigenvalue weighted by Gasteiger charge is 2.06. The molecule has 0 aromatic heterocycles. The minimum atomic E-state index is -1.17. The van der Waals surface area contributed by atoms with Gasteiger partial charge in [0.15, 0.2) is 0 Å². The second kappa shape index (κ2) is 5.53. The minimum absolute atomic E-state index is 0.978.